The molecule has 0 aliphatic carbocycles. The molecule has 1 aromatic rings. The number of rotatable bonds is 22. The minimum atomic E-state index is 0.699. The molecule has 0 spiro atoms. The van der Waals surface area contributed by atoms with Crippen LogP contribution in [0.3, 0.4) is 0 Å². The van der Waals surface area contributed by atoms with Gasteiger partial charge in [0.1, 0.15) is 0 Å². The number of hydrogen-bond donors (Lipinski definition) is 0. The van der Waals surface area contributed by atoms with Crippen LogP contribution in [0, 0.1) is 0 Å². The largest absolute Gasteiger partial charge is 0.367 e. The lowest BCUT2D eigenvalue weighted by molar-refractivity contribution is 0.446. The molecule has 1 aliphatic heterocycles. The normalized spacial score (nSPS) is 14.4. The first-order valence-corrected chi connectivity index (χ1v) is 16.5. The van der Waals surface area contributed by atoms with Crippen molar-refractivity contribution in [1.29, 1.82) is 0 Å². The Morgan fingerprint density at radius 1 is 0.667 bits per heavy atom. The van der Waals surface area contributed by atoms with Crippen molar-refractivity contribution in [3.63, 3.8) is 0 Å². The highest BCUT2D eigenvalue weighted by Gasteiger charge is 2.26. The molecular weight excluding hydrogens is 436 g/mol. The van der Waals surface area contributed by atoms with Crippen LogP contribution in [0.2, 0.25) is 0 Å². The Labute approximate surface area is 226 Å². The number of hydrogen-bond acceptors (Lipinski definition) is 2. The Hall–Kier alpha value is -1.05. The molecular formula is C34H62N2. The van der Waals surface area contributed by atoms with E-state index in [1.54, 1.807) is 0 Å². The highest BCUT2D eigenvalue weighted by molar-refractivity contribution is 5.55. The van der Waals surface area contributed by atoms with Crippen LogP contribution in [0.1, 0.15) is 180 Å². The third-order valence-corrected chi connectivity index (χ3v) is 8.60. The minimum Gasteiger partial charge on any atom is -0.367 e. The van der Waals surface area contributed by atoms with E-state index >= 15 is 0 Å². The molecule has 1 aliphatic rings. The summed E-state index contributed by atoms with van der Waals surface area (Å²) in [5.41, 5.74) is 4.43. The molecule has 0 saturated carbocycles. The molecule has 208 valence electrons. The van der Waals surface area contributed by atoms with Crippen LogP contribution in [0.15, 0.2) is 12.3 Å². The Bertz CT molecular complexity index is 641. The summed E-state index contributed by atoms with van der Waals surface area (Å²) in [6.45, 7) is 10.5. The molecule has 0 N–H and O–H groups in total. The van der Waals surface area contributed by atoms with E-state index in [0.29, 0.717) is 12.0 Å². The molecule has 0 radical (unpaired) electrons. The Kier molecular flexibility index (Phi) is 17.3. The standard InChI is InChI=1S/C34H62N2/c1-5-9-13-16-19-24-32(25-20-17-14-10-6-2)36-27-21-26-33-34(36)28-31(29-35-33)30(22-12-8-4)23-18-15-11-7-3/h28-30,32H,5-27H2,1-4H3. The van der Waals surface area contributed by atoms with Gasteiger partial charge in [-0.3, -0.25) is 4.98 Å². The molecule has 1 atom stereocenters. The summed E-state index contributed by atoms with van der Waals surface area (Å²) in [4.78, 5) is 7.96. The lowest BCUT2D eigenvalue weighted by Gasteiger charge is -2.38. The number of nitrogens with zero attached hydrogens (tertiary/aromatic N) is 2. The second kappa shape index (κ2) is 20.0. The molecule has 36 heavy (non-hydrogen) atoms. The predicted molar refractivity (Wildman–Crippen MR) is 161 cm³/mol. The molecule has 0 aromatic carbocycles. The average Bonchev–Trinajstić information content (AvgIpc) is 2.90. The highest BCUT2D eigenvalue weighted by Crippen LogP contribution is 2.36. The zero-order valence-electron chi connectivity index (χ0n) is 25.0. The van der Waals surface area contributed by atoms with Crippen molar-refractivity contribution >= 4 is 5.69 Å². The third-order valence-electron chi connectivity index (χ3n) is 8.60. The fraction of sp³-hybridized carbons (Fsp3) is 0.853. The van der Waals surface area contributed by atoms with Gasteiger partial charge >= 0.3 is 0 Å². The van der Waals surface area contributed by atoms with Gasteiger partial charge < -0.3 is 4.90 Å². The van der Waals surface area contributed by atoms with Gasteiger partial charge in [-0.2, -0.15) is 0 Å². The Morgan fingerprint density at radius 3 is 1.81 bits per heavy atom. The van der Waals surface area contributed by atoms with E-state index in [9.17, 15) is 0 Å². The van der Waals surface area contributed by atoms with Gasteiger partial charge in [-0.1, -0.05) is 130 Å². The molecule has 0 amide bonds. The van der Waals surface area contributed by atoms with Gasteiger partial charge in [-0.15, -0.1) is 0 Å². The third kappa shape index (κ3) is 11.6. The maximum Gasteiger partial charge on any atom is 0.0637 e. The molecule has 2 rings (SSSR count). The lowest BCUT2D eigenvalue weighted by Crippen LogP contribution is -2.39. The van der Waals surface area contributed by atoms with Crippen LogP contribution in [-0.4, -0.2) is 17.6 Å². The average molecular weight is 499 g/mol. The second-order valence-electron chi connectivity index (χ2n) is 11.8. The zero-order chi connectivity index (χ0) is 25.8. The smallest absolute Gasteiger partial charge is 0.0637 e. The molecule has 0 saturated heterocycles. The van der Waals surface area contributed by atoms with E-state index in [0.717, 1.165) is 0 Å². The van der Waals surface area contributed by atoms with Crippen molar-refractivity contribution in [3.8, 4) is 0 Å². The molecule has 0 fully saturated rings. The lowest BCUT2D eigenvalue weighted by atomic mass is 9.88. The van der Waals surface area contributed by atoms with E-state index in [1.807, 2.05) is 0 Å². The fourth-order valence-electron chi connectivity index (χ4n) is 6.25. The molecule has 2 heterocycles. The number of aromatic nitrogens is 1. The van der Waals surface area contributed by atoms with Gasteiger partial charge in [-0.05, 0) is 56.1 Å². The highest BCUT2D eigenvalue weighted by atomic mass is 15.2. The summed E-state index contributed by atoms with van der Waals surface area (Å²) >= 11 is 0. The van der Waals surface area contributed by atoms with Gasteiger partial charge in [-0.25, -0.2) is 0 Å². The van der Waals surface area contributed by atoms with Crippen LogP contribution < -0.4 is 4.90 Å². The van der Waals surface area contributed by atoms with Crippen LogP contribution in [0.4, 0.5) is 5.69 Å². The van der Waals surface area contributed by atoms with Crippen LogP contribution >= 0.6 is 0 Å². The van der Waals surface area contributed by atoms with Crippen molar-refractivity contribution < 1.29 is 0 Å². The van der Waals surface area contributed by atoms with Crippen molar-refractivity contribution in [3.05, 3.63) is 23.5 Å². The van der Waals surface area contributed by atoms with Gasteiger partial charge in [0.05, 0.1) is 11.4 Å². The maximum absolute atomic E-state index is 5.13. The second-order valence-corrected chi connectivity index (χ2v) is 11.8. The van der Waals surface area contributed by atoms with Gasteiger partial charge in [0, 0.05) is 18.8 Å². The van der Waals surface area contributed by atoms with Crippen molar-refractivity contribution in [2.24, 2.45) is 0 Å². The van der Waals surface area contributed by atoms with Gasteiger partial charge in [0.15, 0.2) is 0 Å². The summed E-state index contributed by atoms with van der Waals surface area (Å²) in [6.07, 6.45) is 32.2. The zero-order valence-corrected chi connectivity index (χ0v) is 25.0. The van der Waals surface area contributed by atoms with Crippen LogP contribution in [0.5, 0.6) is 0 Å². The number of fused-ring (bicyclic) bond motifs is 1. The number of pyridine rings is 1. The Morgan fingerprint density at radius 2 is 1.19 bits per heavy atom. The first kappa shape index (κ1) is 31.2. The first-order chi connectivity index (χ1) is 17.7. The molecule has 2 nitrogen and oxygen atoms in total. The molecule has 1 unspecified atom stereocenters. The SMILES string of the molecule is CCCCCCCC(CCCCCCC)N1CCCc2ncc(C(CCCC)CCCCCC)cc21. The van der Waals surface area contributed by atoms with E-state index in [-0.39, 0.29) is 0 Å². The van der Waals surface area contributed by atoms with Crippen LogP contribution in [-0.2, 0) is 6.42 Å². The van der Waals surface area contributed by atoms with Crippen molar-refractivity contribution in [2.75, 3.05) is 11.4 Å². The van der Waals surface area contributed by atoms with E-state index in [4.69, 9.17) is 4.98 Å². The number of unbranched alkanes of at least 4 members (excludes halogenated alkanes) is 12. The fourth-order valence-corrected chi connectivity index (χ4v) is 6.25. The summed E-state index contributed by atoms with van der Waals surface area (Å²) in [6, 6.07) is 3.33. The molecule has 2 heteroatoms. The van der Waals surface area contributed by atoms with Gasteiger partial charge in [0.25, 0.3) is 0 Å². The van der Waals surface area contributed by atoms with Crippen molar-refractivity contribution in [1.82, 2.24) is 4.98 Å². The summed E-state index contributed by atoms with van der Waals surface area (Å²) in [5.74, 6) is 0.699. The Balaban J connectivity index is 2.15. The topological polar surface area (TPSA) is 16.1 Å². The first-order valence-electron chi connectivity index (χ1n) is 16.5. The van der Waals surface area contributed by atoms with E-state index < -0.39 is 0 Å². The number of aryl methyl sites for hydroxylation is 1. The molecule has 1 aromatic heterocycles. The number of anilines is 1. The predicted octanol–water partition coefficient (Wildman–Crippen LogP) is 11.2. The van der Waals surface area contributed by atoms with Gasteiger partial charge in [0.2, 0.25) is 0 Å². The summed E-state index contributed by atoms with van der Waals surface area (Å²) < 4.78 is 0. The molecule has 0 bridgehead atoms. The monoisotopic (exact) mass is 498 g/mol. The minimum absolute atomic E-state index is 0.699. The van der Waals surface area contributed by atoms with E-state index in [2.05, 4.69) is 44.9 Å². The van der Waals surface area contributed by atoms with E-state index in [1.165, 1.54) is 165 Å². The quantitative estimate of drug-likeness (QED) is 0.148. The maximum atomic E-state index is 5.13. The van der Waals surface area contributed by atoms with Crippen LogP contribution in [0.25, 0.3) is 0 Å². The summed E-state index contributed by atoms with van der Waals surface area (Å²) in [7, 11) is 0. The van der Waals surface area contributed by atoms with Crippen molar-refractivity contribution in [2.45, 2.75) is 181 Å². The summed E-state index contributed by atoms with van der Waals surface area (Å²) in [5, 5.41) is 0.